The van der Waals surface area contributed by atoms with E-state index in [2.05, 4.69) is 17.5 Å². The molecule has 0 spiro atoms. The molecule has 7 heteroatoms. The molecule has 1 heterocycles. The fraction of sp³-hybridized carbons (Fsp3) is 0.833. The molecule has 1 rings (SSSR count). The summed E-state index contributed by atoms with van der Waals surface area (Å²) in [7, 11) is 0. The molecule has 104 valence electrons. The third-order valence-electron chi connectivity index (χ3n) is 3.10. The standard InChI is InChI=1S/C12H18F3N3.Li.H/c1-2-3-4-5-6-7-10-9(8-16)11(18-17-10)12(13,14)15;;/h9-10,17H,2-7H2,1H3;;. The fourth-order valence-corrected chi connectivity index (χ4v) is 2.08. The van der Waals surface area contributed by atoms with Crippen LogP contribution in [0.3, 0.4) is 0 Å². The van der Waals surface area contributed by atoms with Gasteiger partial charge in [-0.25, -0.2) is 0 Å². The van der Waals surface area contributed by atoms with Crippen molar-refractivity contribution in [3.8, 4) is 6.07 Å². The van der Waals surface area contributed by atoms with E-state index < -0.39 is 23.8 Å². The summed E-state index contributed by atoms with van der Waals surface area (Å²) in [6, 6.07) is 1.22. The number of hydrazone groups is 1. The summed E-state index contributed by atoms with van der Waals surface area (Å²) in [6.45, 7) is 2.10. The molecule has 19 heavy (non-hydrogen) atoms. The van der Waals surface area contributed by atoms with Crippen LogP contribution in [0.2, 0.25) is 0 Å². The van der Waals surface area contributed by atoms with Crippen LogP contribution in [0.1, 0.15) is 45.4 Å². The Morgan fingerprint density at radius 2 is 1.89 bits per heavy atom. The molecule has 0 amide bonds. The molecule has 3 nitrogen and oxygen atoms in total. The first-order chi connectivity index (χ1) is 8.50. The van der Waals surface area contributed by atoms with Crippen LogP contribution < -0.4 is 5.43 Å². The van der Waals surface area contributed by atoms with Crippen LogP contribution in [0.4, 0.5) is 13.2 Å². The molecule has 0 aliphatic carbocycles. The zero-order valence-corrected chi connectivity index (χ0v) is 10.4. The van der Waals surface area contributed by atoms with Gasteiger partial charge in [0.2, 0.25) is 0 Å². The molecule has 0 aromatic rings. The number of hydrogen-bond donors (Lipinski definition) is 1. The SMILES string of the molecule is CCCCCCCC1NN=C(C(F)(F)F)C1C#N.[LiH]. The molecule has 0 saturated carbocycles. The van der Waals surface area contributed by atoms with Crippen molar-refractivity contribution in [2.75, 3.05) is 0 Å². The van der Waals surface area contributed by atoms with Crippen LogP contribution in [-0.4, -0.2) is 36.8 Å². The summed E-state index contributed by atoms with van der Waals surface area (Å²) in [6.07, 6.45) is 1.23. The van der Waals surface area contributed by atoms with E-state index in [9.17, 15) is 13.2 Å². The van der Waals surface area contributed by atoms with Crippen molar-refractivity contribution in [2.24, 2.45) is 11.0 Å². The quantitative estimate of drug-likeness (QED) is 0.595. The second-order valence-electron chi connectivity index (χ2n) is 4.54. The van der Waals surface area contributed by atoms with Crippen LogP contribution in [0.15, 0.2) is 5.10 Å². The second-order valence-corrected chi connectivity index (χ2v) is 4.54. The number of nitrogens with zero attached hydrogens (tertiary/aromatic N) is 2. The van der Waals surface area contributed by atoms with Crippen molar-refractivity contribution in [1.82, 2.24) is 5.43 Å². The first-order valence-corrected chi connectivity index (χ1v) is 6.30. The molecular formula is C12H19F3LiN3. The van der Waals surface area contributed by atoms with Crippen molar-refractivity contribution in [2.45, 2.75) is 57.7 Å². The number of nitriles is 1. The fourth-order valence-electron chi connectivity index (χ4n) is 2.08. The van der Waals surface area contributed by atoms with Crippen LogP contribution in [0, 0.1) is 17.2 Å². The Labute approximate surface area is 123 Å². The zero-order valence-electron chi connectivity index (χ0n) is 10.4. The van der Waals surface area contributed by atoms with Crippen molar-refractivity contribution in [3.63, 3.8) is 0 Å². The third-order valence-corrected chi connectivity index (χ3v) is 3.10. The molecule has 0 fully saturated rings. The maximum absolute atomic E-state index is 12.5. The van der Waals surface area contributed by atoms with Crippen molar-refractivity contribution in [3.05, 3.63) is 0 Å². The van der Waals surface area contributed by atoms with Crippen LogP contribution >= 0.6 is 0 Å². The Bertz CT molecular complexity index is 336. The topological polar surface area (TPSA) is 48.2 Å². The van der Waals surface area contributed by atoms with Gasteiger partial charge in [-0.1, -0.05) is 39.0 Å². The number of unbranched alkanes of at least 4 members (excludes halogenated alkanes) is 4. The molecule has 1 aliphatic heterocycles. The second kappa shape index (κ2) is 8.50. The van der Waals surface area contributed by atoms with Crippen LogP contribution in [-0.2, 0) is 0 Å². The van der Waals surface area contributed by atoms with E-state index in [0.717, 1.165) is 32.1 Å². The van der Waals surface area contributed by atoms with Crippen molar-refractivity contribution in [1.29, 1.82) is 5.26 Å². The Kier molecular flexibility index (Phi) is 8.21. The first kappa shape index (κ1) is 18.3. The van der Waals surface area contributed by atoms with Gasteiger partial charge >= 0.3 is 25.0 Å². The van der Waals surface area contributed by atoms with Gasteiger partial charge in [0.05, 0.1) is 12.1 Å². The number of hydrogen-bond acceptors (Lipinski definition) is 3. The summed E-state index contributed by atoms with van der Waals surface area (Å²) in [5.41, 5.74) is 1.47. The summed E-state index contributed by atoms with van der Waals surface area (Å²) >= 11 is 0. The Morgan fingerprint density at radius 1 is 1.26 bits per heavy atom. The zero-order chi connectivity index (χ0) is 13.6. The van der Waals surface area contributed by atoms with E-state index in [-0.39, 0.29) is 18.9 Å². The first-order valence-electron chi connectivity index (χ1n) is 6.30. The van der Waals surface area contributed by atoms with Gasteiger partial charge in [0.15, 0.2) is 5.71 Å². The molecular weight excluding hydrogens is 250 g/mol. The third kappa shape index (κ3) is 5.46. The van der Waals surface area contributed by atoms with Gasteiger partial charge in [0.1, 0.15) is 5.92 Å². The summed E-state index contributed by atoms with van der Waals surface area (Å²) in [5, 5.41) is 12.1. The predicted molar refractivity (Wildman–Crippen MR) is 70.0 cm³/mol. The Balaban J connectivity index is 0.00000324. The summed E-state index contributed by atoms with van der Waals surface area (Å²) < 4.78 is 37.6. The van der Waals surface area contributed by atoms with E-state index in [1.54, 1.807) is 6.07 Å². The molecule has 2 unspecified atom stereocenters. The Morgan fingerprint density at radius 3 is 2.42 bits per heavy atom. The molecule has 0 radical (unpaired) electrons. The average molecular weight is 269 g/mol. The van der Waals surface area contributed by atoms with Gasteiger partial charge < -0.3 is 5.43 Å². The van der Waals surface area contributed by atoms with Gasteiger partial charge in [-0.3, -0.25) is 0 Å². The van der Waals surface area contributed by atoms with Gasteiger partial charge in [0, 0.05) is 0 Å². The van der Waals surface area contributed by atoms with E-state index in [1.165, 1.54) is 0 Å². The van der Waals surface area contributed by atoms with Gasteiger partial charge in [-0.05, 0) is 6.42 Å². The number of alkyl halides is 3. The van der Waals surface area contributed by atoms with E-state index in [0.29, 0.717) is 6.42 Å². The van der Waals surface area contributed by atoms with E-state index in [1.807, 2.05) is 0 Å². The van der Waals surface area contributed by atoms with Crippen molar-refractivity contribution >= 4 is 24.6 Å². The van der Waals surface area contributed by atoms with Gasteiger partial charge in [-0.15, -0.1) is 0 Å². The Hall–Kier alpha value is -0.653. The molecule has 0 saturated heterocycles. The molecule has 1 aliphatic rings. The maximum atomic E-state index is 12.5. The molecule has 1 N–H and O–H groups in total. The number of halogens is 3. The average Bonchev–Trinajstić information content (AvgIpc) is 2.71. The van der Waals surface area contributed by atoms with Crippen LogP contribution in [0.5, 0.6) is 0 Å². The van der Waals surface area contributed by atoms with E-state index >= 15 is 0 Å². The number of rotatable bonds is 6. The molecule has 0 bridgehead atoms. The van der Waals surface area contributed by atoms with Crippen molar-refractivity contribution < 1.29 is 13.2 Å². The molecule has 0 aromatic carbocycles. The minimum atomic E-state index is -4.51. The number of nitrogens with one attached hydrogen (secondary N) is 1. The summed E-state index contributed by atoms with van der Waals surface area (Å²) in [5.74, 6) is -1.17. The molecule has 2 atom stereocenters. The van der Waals surface area contributed by atoms with E-state index in [4.69, 9.17) is 5.26 Å². The van der Waals surface area contributed by atoms with Crippen LogP contribution in [0.25, 0.3) is 0 Å². The van der Waals surface area contributed by atoms with Gasteiger partial charge in [-0.2, -0.15) is 23.5 Å². The monoisotopic (exact) mass is 269 g/mol. The minimum absolute atomic E-state index is 0. The molecule has 0 aromatic heterocycles. The predicted octanol–water partition coefficient (Wildman–Crippen LogP) is 2.73. The normalized spacial score (nSPS) is 22.2. The summed E-state index contributed by atoms with van der Waals surface area (Å²) in [4.78, 5) is 0. The van der Waals surface area contributed by atoms with Gasteiger partial charge in [0.25, 0.3) is 0 Å².